The van der Waals surface area contributed by atoms with E-state index in [1.165, 1.54) is 22.3 Å². The zero-order valence-electron chi connectivity index (χ0n) is 18.4. The number of nitrogens with zero attached hydrogens (tertiary/aromatic N) is 4. The standard InChI is InChI=1S/C24H27N5OS/c1-5-6-7-8-21-27-29-22(25)20(23(30)26-24(29)31-21)14-18-13-16(3)28(17(18)4)19-11-9-15(2)10-12-19/h9-14,25H,5-8H2,1-4H3/b20-14-,25-22?. The van der Waals surface area contributed by atoms with Gasteiger partial charge in [0, 0.05) is 17.1 Å². The third-order valence-electron chi connectivity index (χ3n) is 5.55. The van der Waals surface area contributed by atoms with Crippen molar-refractivity contribution in [3.63, 3.8) is 0 Å². The van der Waals surface area contributed by atoms with Gasteiger partial charge in [-0.25, -0.2) is 0 Å². The molecular formula is C24H27N5OS. The molecule has 0 bridgehead atoms. The van der Waals surface area contributed by atoms with Crippen LogP contribution in [0.4, 0.5) is 0 Å². The van der Waals surface area contributed by atoms with Crippen LogP contribution in [0.3, 0.4) is 0 Å². The van der Waals surface area contributed by atoms with E-state index >= 15 is 0 Å². The van der Waals surface area contributed by atoms with Gasteiger partial charge in [0.25, 0.3) is 5.91 Å². The predicted molar refractivity (Wildman–Crippen MR) is 129 cm³/mol. The van der Waals surface area contributed by atoms with E-state index in [0.717, 1.165) is 53.4 Å². The number of fused-ring (bicyclic) bond motifs is 1. The van der Waals surface area contributed by atoms with Gasteiger partial charge in [0.15, 0.2) is 5.84 Å². The number of rotatable bonds is 6. The number of aliphatic imine (C=N–C) groups is 1. The molecule has 2 aliphatic rings. The molecule has 1 amide bonds. The van der Waals surface area contributed by atoms with E-state index in [0.29, 0.717) is 5.17 Å². The number of hydrogen-bond acceptors (Lipinski definition) is 4. The summed E-state index contributed by atoms with van der Waals surface area (Å²) in [4.78, 5) is 16.9. The first-order valence-corrected chi connectivity index (χ1v) is 11.5. The first kappa shape index (κ1) is 21.3. The lowest BCUT2D eigenvalue weighted by atomic mass is 10.1. The number of carbonyl (C=O) groups is 1. The Morgan fingerprint density at radius 3 is 2.58 bits per heavy atom. The van der Waals surface area contributed by atoms with Gasteiger partial charge in [-0.05, 0) is 75.2 Å². The van der Waals surface area contributed by atoms with Crippen LogP contribution in [0.1, 0.15) is 55.1 Å². The minimum atomic E-state index is -0.381. The molecular weight excluding hydrogens is 406 g/mol. The molecule has 0 spiro atoms. The van der Waals surface area contributed by atoms with E-state index in [9.17, 15) is 4.79 Å². The number of aryl methyl sites for hydroxylation is 2. The van der Waals surface area contributed by atoms with Gasteiger partial charge in [-0.2, -0.15) is 15.1 Å². The fourth-order valence-corrected chi connectivity index (χ4v) is 4.77. The summed E-state index contributed by atoms with van der Waals surface area (Å²) in [6.45, 7) is 8.31. The van der Waals surface area contributed by atoms with Crippen molar-refractivity contribution < 1.29 is 4.79 Å². The summed E-state index contributed by atoms with van der Waals surface area (Å²) >= 11 is 1.40. The molecule has 0 saturated carbocycles. The molecule has 0 aliphatic carbocycles. The van der Waals surface area contributed by atoms with Crippen LogP contribution in [0, 0.1) is 26.2 Å². The number of carbonyl (C=O) groups excluding carboxylic acids is 1. The second-order valence-electron chi connectivity index (χ2n) is 7.97. The van der Waals surface area contributed by atoms with Crippen LogP contribution in [0.25, 0.3) is 11.8 Å². The summed E-state index contributed by atoms with van der Waals surface area (Å²) in [5.41, 5.74) is 5.55. The Bertz CT molecular complexity index is 1140. The predicted octanol–water partition coefficient (Wildman–Crippen LogP) is 5.60. The maximum absolute atomic E-state index is 12.7. The van der Waals surface area contributed by atoms with Gasteiger partial charge in [0.1, 0.15) is 5.04 Å². The van der Waals surface area contributed by atoms with Gasteiger partial charge in [-0.3, -0.25) is 10.2 Å². The van der Waals surface area contributed by atoms with Crippen molar-refractivity contribution >= 4 is 39.8 Å². The molecule has 0 fully saturated rings. The molecule has 3 heterocycles. The van der Waals surface area contributed by atoms with Crippen molar-refractivity contribution in [2.75, 3.05) is 0 Å². The molecule has 160 valence electrons. The molecule has 2 aromatic rings. The second kappa shape index (κ2) is 8.67. The molecule has 2 aliphatic heterocycles. The highest BCUT2D eigenvalue weighted by Gasteiger charge is 2.35. The largest absolute Gasteiger partial charge is 0.318 e. The summed E-state index contributed by atoms with van der Waals surface area (Å²) in [7, 11) is 0. The number of amides is 1. The van der Waals surface area contributed by atoms with Crippen molar-refractivity contribution in [3.05, 3.63) is 58.4 Å². The van der Waals surface area contributed by atoms with Gasteiger partial charge in [-0.1, -0.05) is 37.5 Å². The van der Waals surface area contributed by atoms with Crippen molar-refractivity contribution in [2.45, 2.75) is 53.4 Å². The van der Waals surface area contributed by atoms with Gasteiger partial charge < -0.3 is 4.57 Å². The highest BCUT2D eigenvalue weighted by Crippen LogP contribution is 2.31. The monoisotopic (exact) mass is 433 g/mol. The zero-order chi connectivity index (χ0) is 22.1. The van der Waals surface area contributed by atoms with E-state index in [2.05, 4.69) is 52.8 Å². The van der Waals surface area contributed by atoms with E-state index in [1.807, 2.05) is 19.9 Å². The zero-order valence-corrected chi connectivity index (χ0v) is 19.2. The quantitative estimate of drug-likeness (QED) is 0.476. The topological polar surface area (TPSA) is 73.8 Å². The maximum atomic E-state index is 12.7. The molecule has 4 rings (SSSR count). The van der Waals surface area contributed by atoms with Gasteiger partial charge >= 0.3 is 0 Å². The van der Waals surface area contributed by atoms with E-state index in [-0.39, 0.29) is 17.3 Å². The van der Waals surface area contributed by atoms with Crippen LogP contribution < -0.4 is 0 Å². The Kier molecular flexibility index (Phi) is 5.96. The Hall–Kier alpha value is -2.93. The molecule has 1 aromatic carbocycles. The molecule has 0 atom stereocenters. The molecule has 31 heavy (non-hydrogen) atoms. The fourth-order valence-electron chi connectivity index (χ4n) is 3.84. The van der Waals surface area contributed by atoms with Crippen molar-refractivity contribution in [1.82, 2.24) is 9.58 Å². The number of unbranched alkanes of at least 4 members (excludes halogenated alkanes) is 2. The van der Waals surface area contributed by atoms with Crippen LogP contribution in [-0.4, -0.2) is 31.5 Å². The fraction of sp³-hybridized carbons (Fsp3) is 0.333. The van der Waals surface area contributed by atoms with Gasteiger partial charge in [0.05, 0.1) is 5.57 Å². The molecule has 6 nitrogen and oxygen atoms in total. The third-order valence-corrected chi connectivity index (χ3v) is 6.52. The molecule has 1 aromatic heterocycles. The molecule has 0 unspecified atom stereocenters. The maximum Gasteiger partial charge on any atom is 0.283 e. The number of hydrazone groups is 1. The normalized spacial score (nSPS) is 17.3. The summed E-state index contributed by atoms with van der Waals surface area (Å²) in [6.07, 6.45) is 5.97. The molecule has 0 radical (unpaired) electrons. The minimum absolute atomic E-state index is 0.0909. The number of aromatic nitrogens is 1. The molecule has 0 saturated heterocycles. The minimum Gasteiger partial charge on any atom is -0.318 e. The summed E-state index contributed by atoms with van der Waals surface area (Å²) in [6, 6.07) is 10.4. The van der Waals surface area contributed by atoms with Crippen LogP contribution in [0.2, 0.25) is 0 Å². The van der Waals surface area contributed by atoms with E-state index in [4.69, 9.17) is 5.41 Å². The number of benzene rings is 1. The highest BCUT2D eigenvalue weighted by atomic mass is 32.2. The Balaban J connectivity index is 1.64. The van der Waals surface area contributed by atoms with Crippen LogP contribution in [0.15, 0.2) is 46.0 Å². The number of amidine groups is 2. The molecule has 7 heteroatoms. The van der Waals surface area contributed by atoms with Gasteiger partial charge in [-0.15, -0.1) is 0 Å². The van der Waals surface area contributed by atoms with Gasteiger partial charge in [0.2, 0.25) is 5.17 Å². The van der Waals surface area contributed by atoms with E-state index < -0.39 is 0 Å². The third kappa shape index (κ3) is 4.14. The molecule has 1 N–H and O–H groups in total. The van der Waals surface area contributed by atoms with Crippen molar-refractivity contribution in [2.24, 2.45) is 10.1 Å². The number of thioether (sulfide) groups is 1. The van der Waals surface area contributed by atoms with E-state index in [1.54, 1.807) is 6.08 Å². The lowest BCUT2D eigenvalue weighted by molar-refractivity contribution is -0.114. The lowest BCUT2D eigenvalue weighted by Gasteiger charge is -2.20. The highest BCUT2D eigenvalue weighted by molar-refractivity contribution is 8.26. The van der Waals surface area contributed by atoms with Crippen LogP contribution in [0.5, 0.6) is 0 Å². The summed E-state index contributed by atoms with van der Waals surface area (Å²) in [5, 5.41) is 16.1. The van der Waals surface area contributed by atoms with Crippen LogP contribution >= 0.6 is 11.8 Å². The second-order valence-corrected chi connectivity index (χ2v) is 9.01. The SMILES string of the molecule is CCCCCC1=NN2C(=N)/C(=C/c3cc(C)n(-c4ccc(C)cc4)c3C)C(=O)N=C2S1. The average Bonchev–Trinajstić information content (AvgIpc) is 3.26. The van der Waals surface area contributed by atoms with Crippen LogP contribution in [-0.2, 0) is 4.79 Å². The lowest BCUT2D eigenvalue weighted by Crippen LogP contribution is -2.35. The number of hydrogen-bond donors (Lipinski definition) is 1. The first-order chi connectivity index (χ1) is 14.9. The first-order valence-electron chi connectivity index (χ1n) is 10.6. The number of nitrogens with one attached hydrogen (secondary N) is 1. The summed E-state index contributed by atoms with van der Waals surface area (Å²) < 4.78 is 2.16. The Morgan fingerprint density at radius 2 is 1.87 bits per heavy atom. The van der Waals surface area contributed by atoms with Crippen molar-refractivity contribution in [3.8, 4) is 5.69 Å². The smallest absolute Gasteiger partial charge is 0.283 e. The Morgan fingerprint density at radius 1 is 1.13 bits per heavy atom. The average molecular weight is 434 g/mol. The Labute approximate surface area is 187 Å². The van der Waals surface area contributed by atoms with Crippen molar-refractivity contribution in [1.29, 1.82) is 5.41 Å². The summed E-state index contributed by atoms with van der Waals surface area (Å²) in [5.74, 6) is -0.290.